The second-order valence-corrected chi connectivity index (χ2v) is 8.92. The molecule has 0 N–H and O–H groups in total. The van der Waals surface area contributed by atoms with E-state index in [2.05, 4.69) is 18.2 Å². The number of thiazole rings is 1. The maximum Gasteiger partial charge on any atom is 0.338 e. The number of carbonyl (C=O) groups excluding carboxylic acids is 1. The Balaban J connectivity index is 1.83. The molecule has 0 amide bonds. The molecule has 1 atom stereocenters. The minimum Gasteiger partial charge on any atom is -0.497 e. The molecule has 8 heteroatoms. The topological polar surface area (TPSA) is 79.1 Å². The van der Waals surface area contributed by atoms with Gasteiger partial charge in [0, 0.05) is 0 Å². The van der Waals surface area contributed by atoms with E-state index in [1.54, 1.807) is 42.9 Å². The number of hydrogen-bond donors (Lipinski definition) is 0. The van der Waals surface area contributed by atoms with Crippen molar-refractivity contribution in [2.45, 2.75) is 13.0 Å². The average Bonchev–Trinajstić information content (AvgIpc) is 3.20. The van der Waals surface area contributed by atoms with E-state index < -0.39 is 12.0 Å². The van der Waals surface area contributed by atoms with Crippen LogP contribution in [0.1, 0.15) is 24.1 Å². The third-order valence-corrected chi connectivity index (χ3v) is 6.53. The average molecular weight is 503 g/mol. The molecule has 2 aromatic carbocycles. The van der Waals surface area contributed by atoms with E-state index in [1.165, 1.54) is 17.4 Å². The number of allylic oxidation sites excluding steroid dienone is 1. The lowest BCUT2D eigenvalue weighted by Gasteiger charge is -2.24. The van der Waals surface area contributed by atoms with E-state index in [0.29, 0.717) is 38.7 Å². The molecule has 0 saturated heterocycles. The summed E-state index contributed by atoms with van der Waals surface area (Å²) in [5.41, 5.74) is 2.15. The summed E-state index contributed by atoms with van der Waals surface area (Å²) in [4.78, 5) is 31.8. The normalized spacial score (nSPS) is 15.1. The van der Waals surface area contributed by atoms with Gasteiger partial charge in [0.1, 0.15) is 24.7 Å². The molecular formula is C28H26N2O5S. The van der Waals surface area contributed by atoms with Gasteiger partial charge in [-0.25, -0.2) is 9.79 Å². The van der Waals surface area contributed by atoms with Crippen molar-refractivity contribution in [3.05, 3.63) is 116 Å². The van der Waals surface area contributed by atoms with Crippen LogP contribution >= 0.6 is 11.3 Å². The number of benzene rings is 2. The van der Waals surface area contributed by atoms with E-state index in [4.69, 9.17) is 14.2 Å². The molecule has 1 aliphatic rings. The molecule has 4 rings (SSSR count). The molecule has 0 radical (unpaired) electrons. The number of carbonyl (C=O) groups is 1. The lowest BCUT2D eigenvalue weighted by atomic mass is 9.96. The molecule has 184 valence electrons. The van der Waals surface area contributed by atoms with Gasteiger partial charge in [0.25, 0.3) is 5.56 Å². The number of aromatic nitrogens is 1. The third-order valence-electron chi connectivity index (χ3n) is 5.55. The zero-order valence-electron chi connectivity index (χ0n) is 20.1. The summed E-state index contributed by atoms with van der Waals surface area (Å²) in [7, 11) is 1.58. The minimum absolute atomic E-state index is 0.0574. The first-order valence-electron chi connectivity index (χ1n) is 11.2. The highest BCUT2D eigenvalue weighted by atomic mass is 32.1. The summed E-state index contributed by atoms with van der Waals surface area (Å²) in [6, 6.07) is 14.0. The maximum atomic E-state index is 13.7. The lowest BCUT2D eigenvalue weighted by Crippen LogP contribution is -2.39. The Labute approximate surface area is 212 Å². The van der Waals surface area contributed by atoms with Gasteiger partial charge >= 0.3 is 5.97 Å². The number of nitrogens with zero attached hydrogens (tertiary/aromatic N) is 2. The van der Waals surface area contributed by atoms with Crippen molar-refractivity contribution < 1.29 is 19.0 Å². The molecular weight excluding hydrogens is 476 g/mol. The van der Waals surface area contributed by atoms with Gasteiger partial charge in [0.05, 0.1) is 29.0 Å². The van der Waals surface area contributed by atoms with Crippen molar-refractivity contribution in [3.8, 4) is 11.5 Å². The van der Waals surface area contributed by atoms with Crippen LogP contribution < -0.4 is 24.4 Å². The highest BCUT2D eigenvalue weighted by Gasteiger charge is 2.33. The molecule has 0 fully saturated rings. The molecule has 3 aromatic rings. The van der Waals surface area contributed by atoms with Crippen LogP contribution in [0.25, 0.3) is 6.08 Å². The molecule has 7 nitrogen and oxygen atoms in total. The molecule has 1 aromatic heterocycles. The van der Waals surface area contributed by atoms with Gasteiger partial charge in [0.2, 0.25) is 0 Å². The van der Waals surface area contributed by atoms with Gasteiger partial charge in [-0.3, -0.25) is 9.36 Å². The predicted molar refractivity (Wildman–Crippen MR) is 140 cm³/mol. The monoisotopic (exact) mass is 502 g/mol. The fourth-order valence-corrected chi connectivity index (χ4v) is 4.91. The molecule has 0 spiro atoms. The molecule has 0 unspecified atom stereocenters. The van der Waals surface area contributed by atoms with Crippen LogP contribution in [0.2, 0.25) is 0 Å². The van der Waals surface area contributed by atoms with E-state index in [-0.39, 0.29) is 12.2 Å². The van der Waals surface area contributed by atoms with Crippen LogP contribution in [-0.4, -0.2) is 30.9 Å². The Morgan fingerprint density at radius 3 is 2.36 bits per heavy atom. The first kappa shape index (κ1) is 24.9. The molecule has 0 bridgehead atoms. The number of rotatable bonds is 9. The summed E-state index contributed by atoms with van der Waals surface area (Å²) in [5.74, 6) is 0.843. The number of hydrogen-bond acceptors (Lipinski definition) is 7. The second-order valence-electron chi connectivity index (χ2n) is 7.91. The summed E-state index contributed by atoms with van der Waals surface area (Å²) in [6.07, 6.45) is 4.98. The minimum atomic E-state index is -0.693. The number of ether oxygens (including phenoxy) is 3. The first-order valence-corrected chi connectivity index (χ1v) is 12.1. The lowest BCUT2D eigenvalue weighted by molar-refractivity contribution is -0.138. The zero-order valence-corrected chi connectivity index (χ0v) is 20.9. The molecule has 36 heavy (non-hydrogen) atoms. The van der Waals surface area contributed by atoms with Gasteiger partial charge in [-0.15, -0.1) is 0 Å². The van der Waals surface area contributed by atoms with Crippen molar-refractivity contribution in [1.82, 2.24) is 4.57 Å². The Morgan fingerprint density at radius 2 is 1.72 bits per heavy atom. The molecule has 0 aliphatic carbocycles. The van der Waals surface area contributed by atoms with Crippen LogP contribution in [-0.2, 0) is 9.53 Å². The fourth-order valence-electron chi connectivity index (χ4n) is 3.86. The SMILES string of the molecule is C=CCOC(=O)C1=C(C)N=c2s/c(=C/c3ccc(OCC=C)cc3)c(=O)n2[C@@H]1c1ccc(OC)cc1. The molecule has 1 aliphatic heterocycles. The van der Waals surface area contributed by atoms with Gasteiger partial charge in [-0.05, 0) is 48.4 Å². The number of methoxy groups -OCH3 is 1. The summed E-state index contributed by atoms with van der Waals surface area (Å²) >= 11 is 1.27. The Kier molecular flexibility index (Phi) is 7.65. The van der Waals surface area contributed by atoms with Crippen LogP contribution in [0.4, 0.5) is 0 Å². The van der Waals surface area contributed by atoms with Crippen LogP contribution in [0.15, 0.2) is 94.9 Å². The smallest absolute Gasteiger partial charge is 0.338 e. The van der Waals surface area contributed by atoms with Crippen molar-refractivity contribution >= 4 is 23.4 Å². The van der Waals surface area contributed by atoms with Crippen LogP contribution in [0.5, 0.6) is 11.5 Å². The Hall–Kier alpha value is -4.17. The largest absolute Gasteiger partial charge is 0.497 e. The summed E-state index contributed by atoms with van der Waals surface area (Å²) < 4.78 is 18.2. The standard InChI is InChI=1S/C28H26N2O5S/c1-5-15-34-22-11-7-19(8-12-22)17-23-26(31)30-25(20-9-13-21(33-4)14-10-20)24(27(32)35-16-6-2)18(3)29-28(30)36-23/h5-14,17,25H,1-2,15-16H2,3-4H3/b23-17+/t25-/m1/s1. The van der Waals surface area contributed by atoms with Crippen molar-refractivity contribution in [2.24, 2.45) is 4.99 Å². The van der Waals surface area contributed by atoms with Crippen molar-refractivity contribution in [2.75, 3.05) is 20.3 Å². The van der Waals surface area contributed by atoms with Gasteiger partial charge in [-0.2, -0.15) is 0 Å². The van der Waals surface area contributed by atoms with E-state index in [1.807, 2.05) is 36.4 Å². The quantitative estimate of drug-likeness (QED) is 0.330. The first-order chi connectivity index (χ1) is 17.5. The van der Waals surface area contributed by atoms with Crippen LogP contribution in [0.3, 0.4) is 0 Å². The van der Waals surface area contributed by atoms with E-state index in [0.717, 1.165) is 11.1 Å². The third kappa shape index (κ3) is 5.08. The maximum absolute atomic E-state index is 13.7. The fraction of sp³-hybridized carbons (Fsp3) is 0.179. The Morgan fingerprint density at radius 1 is 1.06 bits per heavy atom. The van der Waals surface area contributed by atoms with Crippen LogP contribution in [0, 0.1) is 0 Å². The number of esters is 1. The highest BCUT2D eigenvalue weighted by molar-refractivity contribution is 7.07. The second kappa shape index (κ2) is 11.0. The van der Waals surface area contributed by atoms with Gasteiger partial charge in [-0.1, -0.05) is 60.9 Å². The van der Waals surface area contributed by atoms with E-state index >= 15 is 0 Å². The Bertz CT molecular complexity index is 1500. The molecule has 0 saturated carbocycles. The van der Waals surface area contributed by atoms with Gasteiger partial charge in [0.15, 0.2) is 4.80 Å². The number of fused-ring (bicyclic) bond motifs is 1. The summed E-state index contributed by atoms with van der Waals surface area (Å²) in [5, 5.41) is 0. The summed E-state index contributed by atoms with van der Waals surface area (Å²) in [6.45, 7) is 9.47. The van der Waals surface area contributed by atoms with Gasteiger partial charge < -0.3 is 14.2 Å². The predicted octanol–water partition coefficient (Wildman–Crippen LogP) is 3.54. The van der Waals surface area contributed by atoms with Crippen molar-refractivity contribution in [3.63, 3.8) is 0 Å². The van der Waals surface area contributed by atoms with E-state index in [9.17, 15) is 9.59 Å². The zero-order chi connectivity index (χ0) is 25.7. The highest BCUT2D eigenvalue weighted by Crippen LogP contribution is 2.31. The molecule has 2 heterocycles. The van der Waals surface area contributed by atoms with Crippen molar-refractivity contribution in [1.29, 1.82) is 0 Å².